The Bertz CT molecular complexity index is 1140. The van der Waals surface area contributed by atoms with Crippen molar-refractivity contribution < 1.29 is 9.90 Å². The first kappa shape index (κ1) is 19.0. The largest absolute Gasteiger partial charge is 0.478 e. The standard InChI is InChI=1S/C22H20N4O2S/c1-26-20-17(13-24-26)19(23-12-15-8-4-2-5-9-15)18(22(27)28)21(25-20)29-14-16-10-6-3-7-11-16/h2-11,13H,12,14H2,1H3,(H,23,25)(H,27,28). The summed E-state index contributed by atoms with van der Waals surface area (Å²) in [5, 5.41) is 18.8. The summed E-state index contributed by atoms with van der Waals surface area (Å²) in [7, 11) is 1.81. The van der Waals surface area contributed by atoms with E-state index < -0.39 is 5.97 Å². The second-order valence-electron chi connectivity index (χ2n) is 6.59. The number of hydrogen-bond acceptors (Lipinski definition) is 5. The van der Waals surface area contributed by atoms with Crippen LogP contribution >= 0.6 is 11.8 Å². The predicted octanol–water partition coefficient (Wildman–Crippen LogP) is 4.57. The number of benzene rings is 2. The van der Waals surface area contributed by atoms with E-state index in [4.69, 9.17) is 0 Å². The molecule has 4 aromatic rings. The average Bonchev–Trinajstić information content (AvgIpc) is 3.12. The minimum absolute atomic E-state index is 0.183. The van der Waals surface area contributed by atoms with E-state index in [0.717, 1.165) is 11.1 Å². The van der Waals surface area contributed by atoms with Crippen molar-refractivity contribution in [2.24, 2.45) is 7.05 Å². The van der Waals surface area contributed by atoms with Crippen molar-refractivity contribution in [2.75, 3.05) is 5.32 Å². The van der Waals surface area contributed by atoms with Crippen molar-refractivity contribution in [3.05, 3.63) is 83.6 Å². The number of nitrogens with one attached hydrogen (secondary N) is 1. The summed E-state index contributed by atoms with van der Waals surface area (Å²) in [6.45, 7) is 0.512. The van der Waals surface area contributed by atoms with E-state index in [2.05, 4.69) is 15.4 Å². The van der Waals surface area contributed by atoms with Crippen molar-refractivity contribution in [3.8, 4) is 0 Å². The lowest BCUT2D eigenvalue weighted by atomic mass is 10.1. The fourth-order valence-electron chi connectivity index (χ4n) is 3.13. The number of thioether (sulfide) groups is 1. The van der Waals surface area contributed by atoms with E-state index in [9.17, 15) is 9.90 Å². The molecule has 2 heterocycles. The average molecular weight is 404 g/mol. The number of carbonyl (C=O) groups is 1. The van der Waals surface area contributed by atoms with Gasteiger partial charge in [-0.25, -0.2) is 9.78 Å². The molecule has 4 rings (SSSR count). The number of pyridine rings is 1. The first-order valence-corrected chi connectivity index (χ1v) is 10.2. The van der Waals surface area contributed by atoms with Crippen molar-refractivity contribution >= 4 is 34.5 Å². The summed E-state index contributed by atoms with van der Waals surface area (Å²) < 4.78 is 1.67. The van der Waals surface area contributed by atoms with Gasteiger partial charge in [-0.1, -0.05) is 60.7 Å². The Morgan fingerprint density at radius 1 is 1.07 bits per heavy atom. The van der Waals surface area contributed by atoms with E-state index in [1.807, 2.05) is 67.7 Å². The quantitative estimate of drug-likeness (QED) is 0.439. The number of aromatic nitrogens is 3. The zero-order valence-corrected chi connectivity index (χ0v) is 16.7. The highest BCUT2D eigenvalue weighted by molar-refractivity contribution is 7.98. The van der Waals surface area contributed by atoms with E-state index in [0.29, 0.717) is 34.0 Å². The normalized spacial score (nSPS) is 10.9. The molecule has 0 radical (unpaired) electrons. The van der Waals surface area contributed by atoms with Gasteiger partial charge in [-0.2, -0.15) is 5.10 Å². The Morgan fingerprint density at radius 2 is 1.72 bits per heavy atom. The number of aromatic carboxylic acids is 1. The molecular formula is C22H20N4O2S. The van der Waals surface area contributed by atoms with Crippen LogP contribution in [0.1, 0.15) is 21.5 Å². The molecule has 0 unspecified atom stereocenters. The third kappa shape index (κ3) is 4.09. The third-order valence-corrected chi connectivity index (χ3v) is 5.64. The number of nitrogens with zero attached hydrogens (tertiary/aromatic N) is 3. The van der Waals surface area contributed by atoms with Gasteiger partial charge in [-0.05, 0) is 11.1 Å². The molecule has 0 saturated heterocycles. The molecule has 2 aromatic heterocycles. The minimum atomic E-state index is -1.01. The maximum absolute atomic E-state index is 12.2. The number of aryl methyl sites for hydroxylation is 1. The molecule has 6 nitrogen and oxygen atoms in total. The van der Waals surface area contributed by atoms with Gasteiger partial charge in [-0.15, -0.1) is 11.8 Å². The van der Waals surface area contributed by atoms with Crippen molar-refractivity contribution in [1.29, 1.82) is 0 Å². The van der Waals surface area contributed by atoms with Crippen LogP contribution in [0, 0.1) is 0 Å². The lowest BCUT2D eigenvalue weighted by molar-refractivity contribution is 0.0693. The maximum Gasteiger partial charge on any atom is 0.340 e. The summed E-state index contributed by atoms with van der Waals surface area (Å²) >= 11 is 1.42. The summed E-state index contributed by atoms with van der Waals surface area (Å²) in [4.78, 5) is 16.8. The van der Waals surface area contributed by atoms with Crippen molar-refractivity contribution in [3.63, 3.8) is 0 Å². The van der Waals surface area contributed by atoms with Gasteiger partial charge >= 0.3 is 5.97 Å². The number of anilines is 1. The highest BCUT2D eigenvalue weighted by Gasteiger charge is 2.23. The Morgan fingerprint density at radius 3 is 2.38 bits per heavy atom. The van der Waals surface area contributed by atoms with Gasteiger partial charge in [0.2, 0.25) is 0 Å². The van der Waals surface area contributed by atoms with E-state index in [1.54, 1.807) is 10.9 Å². The second kappa shape index (κ2) is 8.36. The predicted molar refractivity (Wildman–Crippen MR) is 115 cm³/mol. The van der Waals surface area contributed by atoms with Crippen LogP contribution in [0.25, 0.3) is 11.0 Å². The molecule has 0 fully saturated rings. The Balaban J connectivity index is 1.74. The smallest absolute Gasteiger partial charge is 0.340 e. The van der Waals surface area contributed by atoms with Crippen LogP contribution in [0.5, 0.6) is 0 Å². The van der Waals surface area contributed by atoms with Crippen LogP contribution in [0.2, 0.25) is 0 Å². The molecule has 146 valence electrons. The summed E-state index contributed by atoms with van der Waals surface area (Å²) in [5.74, 6) is -0.371. The van der Waals surface area contributed by atoms with Crippen LogP contribution in [-0.2, 0) is 19.3 Å². The zero-order valence-electron chi connectivity index (χ0n) is 15.9. The third-order valence-electron chi connectivity index (χ3n) is 4.59. The van der Waals surface area contributed by atoms with E-state index in [-0.39, 0.29) is 5.56 Å². The van der Waals surface area contributed by atoms with Gasteiger partial charge in [0.05, 0.1) is 17.3 Å². The lowest BCUT2D eigenvalue weighted by Gasteiger charge is -2.14. The molecule has 0 amide bonds. The number of carboxylic acid groups (broad SMARTS) is 1. The lowest BCUT2D eigenvalue weighted by Crippen LogP contribution is -2.10. The highest BCUT2D eigenvalue weighted by atomic mass is 32.2. The van der Waals surface area contributed by atoms with E-state index >= 15 is 0 Å². The Labute approximate surface area is 172 Å². The number of fused-ring (bicyclic) bond motifs is 1. The molecule has 2 aromatic carbocycles. The second-order valence-corrected chi connectivity index (χ2v) is 7.56. The first-order chi connectivity index (χ1) is 14.1. The summed E-state index contributed by atoms with van der Waals surface area (Å²) in [6, 6.07) is 19.8. The van der Waals surface area contributed by atoms with Crippen LogP contribution in [-0.4, -0.2) is 25.8 Å². The summed E-state index contributed by atoms with van der Waals surface area (Å²) in [6.07, 6.45) is 1.66. The number of hydrogen-bond donors (Lipinski definition) is 2. The van der Waals surface area contributed by atoms with Crippen LogP contribution in [0.15, 0.2) is 71.9 Å². The highest BCUT2D eigenvalue weighted by Crippen LogP contribution is 2.35. The fourth-order valence-corrected chi connectivity index (χ4v) is 4.11. The van der Waals surface area contributed by atoms with Crippen LogP contribution in [0.3, 0.4) is 0 Å². The van der Waals surface area contributed by atoms with Crippen molar-refractivity contribution in [1.82, 2.24) is 14.8 Å². The van der Waals surface area contributed by atoms with Crippen LogP contribution in [0.4, 0.5) is 5.69 Å². The molecule has 7 heteroatoms. The van der Waals surface area contributed by atoms with Gasteiger partial charge in [0.25, 0.3) is 0 Å². The molecule has 0 spiro atoms. The molecule has 0 aliphatic rings. The Kier molecular flexibility index (Phi) is 5.48. The minimum Gasteiger partial charge on any atom is -0.478 e. The fraction of sp³-hybridized carbons (Fsp3) is 0.136. The Hall–Kier alpha value is -3.32. The number of rotatable bonds is 7. The molecule has 29 heavy (non-hydrogen) atoms. The maximum atomic E-state index is 12.2. The SMILES string of the molecule is Cn1ncc2c(NCc3ccccc3)c(C(=O)O)c(SCc3ccccc3)nc21. The molecule has 0 aliphatic heterocycles. The van der Waals surface area contributed by atoms with Crippen molar-refractivity contribution in [2.45, 2.75) is 17.3 Å². The summed E-state index contributed by atoms with van der Waals surface area (Å²) in [5.41, 5.74) is 3.56. The van der Waals surface area contributed by atoms with Crippen LogP contribution < -0.4 is 5.32 Å². The molecular weight excluding hydrogens is 384 g/mol. The van der Waals surface area contributed by atoms with E-state index in [1.165, 1.54) is 11.8 Å². The van der Waals surface area contributed by atoms with Gasteiger partial charge in [0.1, 0.15) is 10.6 Å². The zero-order chi connectivity index (χ0) is 20.2. The molecule has 0 aliphatic carbocycles. The molecule has 0 bridgehead atoms. The van der Waals surface area contributed by atoms with Gasteiger partial charge < -0.3 is 10.4 Å². The van der Waals surface area contributed by atoms with Gasteiger partial charge in [0.15, 0.2) is 5.65 Å². The molecule has 0 saturated carbocycles. The topological polar surface area (TPSA) is 80.0 Å². The molecule has 2 N–H and O–H groups in total. The first-order valence-electron chi connectivity index (χ1n) is 9.17. The monoisotopic (exact) mass is 404 g/mol. The molecule has 0 atom stereocenters. The van der Waals surface area contributed by atoms with Gasteiger partial charge in [-0.3, -0.25) is 4.68 Å². The van der Waals surface area contributed by atoms with Gasteiger partial charge in [0, 0.05) is 19.3 Å². The number of carboxylic acids is 1.